The number of hydrogen-bond acceptors (Lipinski definition) is 5. The summed E-state index contributed by atoms with van der Waals surface area (Å²) < 4.78 is 5.07. The van der Waals surface area contributed by atoms with Gasteiger partial charge in [-0.15, -0.1) is 11.8 Å². The highest BCUT2D eigenvalue weighted by Gasteiger charge is 2.53. The number of aliphatic hydroxyl groups excluding tert-OH is 1. The van der Waals surface area contributed by atoms with E-state index in [2.05, 4.69) is 0 Å². The van der Waals surface area contributed by atoms with Crippen LogP contribution in [-0.2, 0) is 14.3 Å². The number of Topliss-reactive ketones (excluding diaryl/α,β-unsaturated/α-hetero) is 1. The van der Waals surface area contributed by atoms with Crippen LogP contribution in [0.3, 0.4) is 0 Å². The molecule has 1 N–H and O–H groups in total. The molecule has 0 aromatic heterocycles. The highest BCUT2D eigenvalue weighted by molar-refractivity contribution is 8.00. The number of nitrogens with zero attached hydrogens (tertiary/aromatic N) is 1. The van der Waals surface area contributed by atoms with E-state index in [1.54, 1.807) is 23.8 Å². The number of allylic oxidation sites excluding steroid dienone is 1. The third-order valence-electron chi connectivity index (χ3n) is 3.59. The van der Waals surface area contributed by atoms with E-state index in [4.69, 9.17) is 4.74 Å². The van der Waals surface area contributed by atoms with E-state index in [9.17, 15) is 14.7 Å². The Hall–Kier alpha value is -0.850. The van der Waals surface area contributed by atoms with Crippen LogP contribution < -0.4 is 0 Å². The summed E-state index contributed by atoms with van der Waals surface area (Å²) in [6.45, 7) is 5.66. The maximum Gasteiger partial charge on any atom is 0.236 e. The predicted octanol–water partition coefficient (Wildman–Crippen LogP) is 1.03. The molecule has 2 aliphatic heterocycles. The summed E-state index contributed by atoms with van der Waals surface area (Å²) in [5.74, 6) is 0.231. The highest BCUT2D eigenvalue weighted by Crippen LogP contribution is 2.45. The third-order valence-corrected chi connectivity index (χ3v) is 4.99. The Labute approximate surface area is 123 Å². The Morgan fingerprint density at radius 1 is 1.50 bits per heavy atom. The summed E-state index contributed by atoms with van der Waals surface area (Å²) in [4.78, 5) is 26.4. The van der Waals surface area contributed by atoms with Gasteiger partial charge in [-0.25, -0.2) is 0 Å². The molecule has 1 fully saturated rings. The van der Waals surface area contributed by atoms with E-state index in [1.807, 2.05) is 20.8 Å². The molecule has 112 valence electrons. The molecular weight excluding hydrogens is 278 g/mol. The molecule has 2 atom stereocenters. The van der Waals surface area contributed by atoms with Crippen molar-refractivity contribution in [2.45, 2.75) is 26.1 Å². The van der Waals surface area contributed by atoms with Gasteiger partial charge in [0.2, 0.25) is 5.91 Å². The molecular formula is C14H21NO4S. The molecule has 2 heterocycles. The summed E-state index contributed by atoms with van der Waals surface area (Å²) in [7, 11) is 1.57. The first-order valence-electron chi connectivity index (χ1n) is 6.64. The fourth-order valence-electron chi connectivity index (χ4n) is 2.46. The smallest absolute Gasteiger partial charge is 0.236 e. The number of thioether (sulfide) groups is 1. The Morgan fingerprint density at radius 3 is 2.65 bits per heavy atom. The first-order chi connectivity index (χ1) is 9.32. The van der Waals surface area contributed by atoms with Crippen LogP contribution in [0, 0.1) is 11.3 Å². The highest BCUT2D eigenvalue weighted by atomic mass is 32.2. The molecule has 0 spiro atoms. The molecule has 2 aliphatic rings. The lowest BCUT2D eigenvalue weighted by atomic mass is 9.84. The number of rotatable bonds is 4. The largest absolute Gasteiger partial charge is 0.392 e. The molecule has 0 aromatic carbocycles. The molecule has 1 saturated heterocycles. The van der Waals surface area contributed by atoms with Crippen molar-refractivity contribution in [2.24, 2.45) is 11.3 Å². The van der Waals surface area contributed by atoms with Gasteiger partial charge in [0.15, 0.2) is 5.78 Å². The second-order valence-electron chi connectivity index (χ2n) is 6.16. The number of methoxy groups -OCH3 is 1. The molecule has 20 heavy (non-hydrogen) atoms. The van der Waals surface area contributed by atoms with Crippen molar-refractivity contribution in [1.82, 2.24) is 4.90 Å². The lowest BCUT2D eigenvalue weighted by Crippen LogP contribution is -2.63. The predicted molar refractivity (Wildman–Crippen MR) is 77.0 cm³/mol. The van der Waals surface area contributed by atoms with E-state index in [1.165, 1.54) is 0 Å². The fraction of sp³-hybridized carbons (Fsp3) is 0.714. The van der Waals surface area contributed by atoms with Gasteiger partial charge in [0, 0.05) is 18.3 Å². The van der Waals surface area contributed by atoms with Gasteiger partial charge in [-0.1, -0.05) is 20.8 Å². The standard InChI is InChI=1S/C14H21NO4S/c1-14(2,3)11(17)10-8(5-16)7-20-13-9(6-19-4)12(18)15(10)13/h9,13,16H,5-7H2,1-4H3/t9-,13-/m0/s1. The van der Waals surface area contributed by atoms with Crippen molar-refractivity contribution < 1.29 is 19.4 Å². The van der Waals surface area contributed by atoms with E-state index < -0.39 is 5.41 Å². The molecule has 6 heteroatoms. The van der Waals surface area contributed by atoms with E-state index in [0.29, 0.717) is 23.6 Å². The van der Waals surface area contributed by atoms with Crippen LogP contribution in [0.1, 0.15) is 20.8 Å². The summed E-state index contributed by atoms with van der Waals surface area (Å²) >= 11 is 1.58. The second kappa shape index (κ2) is 5.50. The Morgan fingerprint density at radius 2 is 2.15 bits per heavy atom. The van der Waals surface area contributed by atoms with Crippen molar-refractivity contribution in [3.05, 3.63) is 11.3 Å². The van der Waals surface area contributed by atoms with Crippen LogP contribution in [0.2, 0.25) is 0 Å². The number of fused-ring (bicyclic) bond motifs is 1. The van der Waals surface area contributed by atoms with Gasteiger partial charge in [-0.2, -0.15) is 0 Å². The number of hydrogen-bond donors (Lipinski definition) is 1. The average Bonchev–Trinajstić information content (AvgIpc) is 2.40. The number of amides is 1. The normalized spacial score (nSPS) is 26.4. The maximum absolute atomic E-state index is 12.6. The molecule has 0 unspecified atom stereocenters. The van der Waals surface area contributed by atoms with Gasteiger partial charge in [0.1, 0.15) is 0 Å². The summed E-state index contributed by atoms with van der Waals surface area (Å²) in [5.41, 5.74) is 0.478. The first kappa shape index (κ1) is 15.5. The molecule has 2 rings (SSSR count). The lowest BCUT2D eigenvalue weighted by molar-refractivity contribution is -0.152. The molecule has 0 aromatic rings. The van der Waals surface area contributed by atoms with Gasteiger partial charge in [-0.3, -0.25) is 14.5 Å². The number of β-lactam (4-membered cyclic amide) rings is 1. The van der Waals surface area contributed by atoms with Crippen molar-refractivity contribution in [2.75, 3.05) is 26.1 Å². The quantitative estimate of drug-likeness (QED) is 0.785. The van der Waals surface area contributed by atoms with E-state index in [0.717, 1.165) is 0 Å². The van der Waals surface area contributed by atoms with Crippen LogP contribution >= 0.6 is 11.8 Å². The zero-order valence-electron chi connectivity index (χ0n) is 12.3. The van der Waals surface area contributed by atoms with Crippen LogP contribution in [0.5, 0.6) is 0 Å². The monoisotopic (exact) mass is 299 g/mol. The van der Waals surface area contributed by atoms with Crippen LogP contribution in [0.4, 0.5) is 0 Å². The Kier molecular flexibility index (Phi) is 4.27. The van der Waals surface area contributed by atoms with Crippen molar-refractivity contribution in [3.63, 3.8) is 0 Å². The molecule has 0 radical (unpaired) electrons. The van der Waals surface area contributed by atoms with Gasteiger partial charge in [0.25, 0.3) is 0 Å². The van der Waals surface area contributed by atoms with Gasteiger partial charge in [0.05, 0.1) is 30.2 Å². The number of carbonyl (C=O) groups is 2. The van der Waals surface area contributed by atoms with E-state index in [-0.39, 0.29) is 29.6 Å². The van der Waals surface area contributed by atoms with Crippen LogP contribution in [0.15, 0.2) is 11.3 Å². The SMILES string of the molecule is COC[C@H]1C(=O)N2C(C(=O)C(C)(C)C)=C(CO)CS[C@@H]12. The zero-order valence-corrected chi connectivity index (χ0v) is 13.1. The number of ketones is 1. The summed E-state index contributed by atoms with van der Waals surface area (Å²) in [6.07, 6.45) is 0. The summed E-state index contributed by atoms with van der Waals surface area (Å²) in [5, 5.41) is 9.43. The third kappa shape index (κ3) is 2.40. The fourth-order valence-corrected chi connectivity index (χ4v) is 3.84. The second-order valence-corrected chi connectivity index (χ2v) is 7.27. The number of ether oxygens (including phenoxy) is 1. The minimum absolute atomic E-state index is 0.0425. The summed E-state index contributed by atoms with van der Waals surface area (Å²) in [6, 6.07) is 0. The van der Waals surface area contributed by atoms with E-state index >= 15 is 0 Å². The molecule has 0 saturated carbocycles. The minimum atomic E-state index is -0.574. The molecule has 1 amide bonds. The van der Waals surface area contributed by atoms with Crippen LogP contribution in [0.25, 0.3) is 0 Å². The average molecular weight is 299 g/mol. The topological polar surface area (TPSA) is 66.8 Å². The van der Waals surface area contributed by atoms with Gasteiger partial charge < -0.3 is 9.84 Å². The van der Waals surface area contributed by atoms with Gasteiger partial charge in [-0.05, 0) is 5.57 Å². The van der Waals surface area contributed by atoms with Gasteiger partial charge >= 0.3 is 0 Å². The van der Waals surface area contributed by atoms with Crippen molar-refractivity contribution >= 4 is 23.5 Å². The van der Waals surface area contributed by atoms with Crippen molar-refractivity contribution in [1.29, 1.82) is 0 Å². The van der Waals surface area contributed by atoms with Crippen LogP contribution in [-0.4, -0.2) is 53.1 Å². The number of aliphatic hydroxyl groups is 1. The molecule has 0 aliphatic carbocycles. The molecule has 5 nitrogen and oxygen atoms in total. The molecule has 0 bridgehead atoms. The first-order valence-corrected chi connectivity index (χ1v) is 7.69. The lowest BCUT2D eigenvalue weighted by Gasteiger charge is -2.50. The number of carbonyl (C=O) groups excluding carboxylic acids is 2. The Balaban J connectivity index is 2.34. The zero-order chi connectivity index (χ0) is 15.1. The minimum Gasteiger partial charge on any atom is -0.392 e. The maximum atomic E-state index is 12.6. The Bertz CT molecular complexity index is 466. The van der Waals surface area contributed by atoms with Crippen molar-refractivity contribution in [3.8, 4) is 0 Å².